The number of fused-ring (bicyclic) bond motifs is 6. The summed E-state index contributed by atoms with van der Waals surface area (Å²) in [6.07, 6.45) is 0. The first kappa shape index (κ1) is 18.9. The van der Waals surface area contributed by atoms with E-state index in [1.807, 2.05) is 42.5 Å². The van der Waals surface area contributed by atoms with Crippen LogP contribution in [0.3, 0.4) is 0 Å². The molecule has 5 aliphatic rings. The normalized spacial score (nSPS) is 15.1. The van der Waals surface area contributed by atoms with E-state index in [4.69, 9.17) is 25.8 Å². The fourth-order valence-corrected chi connectivity index (χ4v) is 7.34. The van der Waals surface area contributed by atoms with Gasteiger partial charge in [-0.3, -0.25) is 0 Å². The maximum atomic E-state index is 6.67. The number of nitrogens with zero attached hydrogens (tertiary/aromatic N) is 1. The van der Waals surface area contributed by atoms with Crippen LogP contribution in [0.15, 0.2) is 84.9 Å². The van der Waals surface area contributed by atoms with Gasteiger partial charge < -0.3 is 19.1 Å². The maximum Gasteiger partial charge on any atom is 0.256 e. The molecule has 5 aliphatic heterocycles. The summed E-state index contributed by atoms with van der Waals surface area (Å²) in [4.78, 5) is 2.40. The van der Waals surface area contributed by atoms with Crippen LogP contribution < -0.4 is 51.9 Å². The molecule has 4 nitrogen and oxygen atoms in total. The molecule has 0 radical (unpaired) electrons. The molecule has 37 heavy (non-hydrogen) atoms. The number of ether oxygens (including phenoxy) is 3. The molecule has 0 bridgehead atoms. The van der Waals surface area contributed by atoms with E-state index in [1.54, 1.807) is 0 Å². The van der Waals surface area contributed by atoms with E-state index in [-0.39, 0.29) is 13.4 Å². The van der Waals surface area contributed by atoms with Gasteiger partial charge in [0.1, 0.15) is 23.0 Å². The van der Waals surface area contributed by atoms with E-state index in [0.717, 1.165) is 62.3 Å². The van der Waals surface area contributed by atoms with Crippen molar-refractivity contribution in [2.75, 3.05) is 4.90 Å². The average Bonchev–Trinajstić information content (AvgIpc) is 2.94. The molecule has 0 atom stereocenters. The molecule has 0 spiro atoms. The molecule has 0 aliphatic carbocycles. The summed E-state index contributed by atoms with van der Waals surface area (Å²) in [5.41, 5.74) is 10.4. The minimum Gasteiger partial charge on any atom is -0.458 e. The highest BCUT2D eigenvalue weighted by Gasteiger charge is 2.52. The average molecular weight is 494 g/mol. The van der Waals surface area contributed by atoms with Gasteiger partial charge in [0, 0.05) is 16.6 Å². The van der Waals surface area contributed by atoms with Crippen LogP contribution in [-0.2, 0) is 0 Å². The van der Waals surface area contributed by atoms with E-state index < -0.39 is 0 Å². The Hall–Kier alpha value is -4.28. The van der Waals surface area contributed by atoms with Gasteiger partial charge in [0.25, 0.3) is 13.4 Å². The smallest absolute Gasteiger partial charge is 0.256 e. The summed E-state index contributed by atoms with van der Waals surface area (Å²) in [7, 11) is 0. The first-order chi connectivity index (χ1) is 18.3. The van der Waals surface area contributed by atoms with Gasteiger partial charge in [-0.05, 0) is 58.2 Å². The van der Waals surface area contributed by atoms with Crippen molar-refractivity contribution in [3.63, 3.8) is 0 Å². The Labute approximate surface area is 218 Å². The number of para-hydroxylation sites is 3. The van der Waals surface area contributed by atoms with Crippen LogP contribution in [0.2, 0.25) is 5.02 Å². The monoisotopic (exact) mass is 493 g/mol. The number of hydrogen-bond acceptors (Lipinski definition) is 4. The zero-order valence-electron chi connectivity index (χ0n) is 19.3. The Balaban J connectivity index is 1.38. The molecule has 0 aromatic heterocycles. The van der Waals surface area contributed by atoms with Gasteiger partial charge in [0.05, 0.1) is 16.4 Å². The predicted molar refractivity (Wildman–Crippen MR) is 149 cm³/mol. The lowest BCUT2D eigenvalue weighted by Gasteiger charge is -2.48. The Morgan fingerprint density at radius 3 is 1.84 bits per heavy atom. The summed E-state index contributed by atoms with van der Waals surface area (Å²) < 4.78 is 19.5. The van der Waals surface area contributed by atoms with Gasteiger partial charge in [-0.2, -0.15) is 0 Å². The van der Waals surface area contributed by atoms with Crippen molar-refractivity contribution in [2.45, 2.75) is 0 Å². The largest absolute Gasteiger partial charge is 0.458 e. The molecular weight excluding hydrogens is 479 g/mol. The van der Waals surface area contributed by atoms with E-state index in [2.05, 4.69) is 47.4 Å². The van der Waals surface area contributed by atoms with Gasteiger partial charge in [0.15, 0.2) is 11.5 Å². The number of benzene rings is 5. The topological polar surface area (TPSA) is 30.9 Å². The lowest BCUT2D eigenvalue weighted by atomic mass is 9.29. The fourth-order valence-electron chi connectivity index (χ4n) is 7.12. The summed E-state index contributed by atoms with van der Waals surface area (Å²) in [6.45, 7) is 0.0400. The van der Waals surface area contributed by atoms with Crippen LogP contribution in [0.1, 0.15) is 0 Å². The molecule has 170 valence electrons. The zero-order chi connectivity index (χ0) is 24.0. The second kappa shape index (κ2) is 6.16. The Morgan fingerprint density at radius 2 is 1.05 bits per heavy atom. The molecule has 0 unspecified atom stereocenters. The number of anilines is 3. The van der Waals surface area contributed by atoms with Gasteiger partial charge in [-0.15, -0.1) is 0 Å². The number of halogens is 1. The lowest BCUT2D eigenvalue weighted by molar-refractivity contribution is 0.463. The highest BCUT2D eigenvalue weighted by Crippen LogP contribution is 2.54. The molecule has 0 amide bonds. The van der Waals surface area contributed by atoms with Crippen molar-refractivity contribution in [3.05, 3.63) is 90.0 Å². The van der Waals surface area contributed by atoms with Crippen LogP contribution in [0.25, 0.3) is 0 Å². The van der Waals surface area contributed by atoms with Crippen LogP contribution in [-0.4, -0.2) is 13.4 Å². The molecule has 0 fully saturated rings. The van der Waals surface area contributed by atoms with Crippen molar-refractivity contribution in [2.24, 2.45) is 0 Å². The van der Waals surface area contributed by atoms with Crippen molar-refractivity contribution in [1.82, 2.24) is 0 Å². The molecule has 5 heterocycles. The maximum absolute atomic E-state index is 6.67. The Bertz CT molecular complexity index is 1920. The number of hydrogen-bond donors (Lipinski definition) is 0. The highest BCUT2D eigenvalue weighted by molar-refractivity contribution is 7.03. The third kappa shape index (κ3) is 2.06. The minimum absolute atomic E-state index is 0.0106. The molecule has 0 N–H and O–H groups in total. The highest BCUT2D eigenvalue weighted by atomic mass is 35.5. The summed E-state index contributed by atoms with van der Waals surface area (Å²) >= 11 is 6.67. The van der Waals surface area contributed by atoms with Gasteiger partial charge in [-0.1, -0.05) is 60.1 Å². The van der Waals surface area contributed by atoms with Crippen LogP contribution in [0.4, 0.5) is 17.1 Å². The molecular formula is C30H14B2ClNO3. The van der Waals surface area contributed by atoms with E-state index in [0.29, 0.717) is 5.02 Å². The second-order valence-electron chi connectivity index (χ2n) is 10.1. The zero-order valence-corrected chi connectivity index (χ0v) is 20.0. The predicted octanol–water partition coefficient (Wildman–Crippen LogP) is 3.79. The van der Waals surface area contributed by atoms with Crippen molar-refractivity contribution >= 4 is 74.9 Å². The van der Waals surface area contributed by atoms with Gasteiger partial charge >= 0.3 is 0 Å². The first-order valence-corrected chi connectivity index (χ1v) is 12.8. The molecule has 5 aromatic rings. The summed E-state index contributed by atoms with van der Waals surface area (Å²) in [6, 6.07) is 29.2. The Morgan fingerprint density at radius 1 is 0.486 bits per heavy atom. The quantitative estimate of drug-likeness (QED) is 0.301. The number of rotatable bonds is 0. The molecule has 10 rings (SSSR count). The first-order valence-electron chi connectivity index (χ1n) is 12.5. The lowest BCUT2D eigenvalue weighted by Crippen LogP contribution is -2.67. The van der Waals surface area contributed by atoms with E-state index in [1.165, 1.54) is 22.1 Å². The third-order valence-corrected chi connectivity index (χ3v) is 8.74. The SMILES string of the molecule is Clc1cccc2c1Oc1ccc3c4c1B2c1cccc2c1N4c1c(ccc4c1B2c1ccccc1O4)O3. The van der Waals surface area contributed by atoms with Crippen molar-refractivity contribution < 1.29 is 14.2 Å². The van der Waals surface area contributed by atoms with Crippen LogP contribution in [0, 0.1) is 0 Å². The van der Waals surface area contributed by atoms with Gasteiger partial charge in [-0.25, -0.2) is 0 Å². The van der Waals surface area contributed by atoms with Gasteiger partial charge in [0.2, 0.25) is 0 Å². The molecule has 5 aromatic carbocycles. The Kier molecular flexibility index (Phi) is 3.15. The third-order valence-electron chi connectivity index (χ3n) is 8.44. The van der Waals surface area contributed by atoms with E-state index >= 15 is 0 Å². The fraction of sp³-hybridized carbons (Fsp3) is 0. The molecule has 0 saturated carbocycles. The minimum atomic E-state index is -0.0106. The standard InChI is InChI=1S/C30H14B2ClNO3/c33-19-9-4-8-18-30(19)37-22-12-14-24-29-26(22)32(18)17-7-3-6-16-27(17)34(29)28-23(36-24)13-11-21-25(28)31(16)15-5-1-2-10-20(15)35-21/h1-14H. The molecule has 7 heteroatoms. The summed E-state index contributed by atoms with van der Waals surface area (Å²) in [5.74, 6) is 5.02. The van der Waals surface area contributed by atoms with E-state index in [9.17, 15) is 0 Å². The second-order valence-corrected chi connectivity index (χ2v) is 10.5. The summed E-state index contributed by atoms with van der Waals surface area (Å²) in [5, 5.41) is 0.625. The van der Waals surface area contributed by atoms with Crippen LogP contribution in [0.5, 0.6) is 34.5 Å². The van der Waals surface area contributed by atoms with Crippen LogP contribution >= 0.6 is 11.6 Å². The van der Waals surface area contributed by atoms with Crippen molar-refractivity contribution in [3.8, 4) is 34.5 Å². The van der Waals surface area contributed by atoms with Crippen molar-refractivity contribution in [1.29, 1.82) is 0 Å². The molecule has 0 saturated heterocycles.